The number of methoxy groups -OCH3 is 2. The highest BCUT2D eigenvalue weighted by Gasteiger charge is 2.27. The van der Waals surface area contributed by atoms with Crippen LogP contribution in [0, 0.1) is 5.92 Å². The number of benzene rings is 1. The lowest BCUT2D eigenvalue weighted by atomic mass is 9.85. The lowest BCUT2D eigenvalue weighted by Gasteiger charge is -2.25. The van der Waals surface area contributed by atoms with E-state index in [0.29, 0.717) is 23.7 Å². The molecule has 3 rings (SSSR count). The van der Waals surface area contributed by atoms with Gasteiger partial charge in [0.1, 0.15) is 17.4 Å². The highest BCUT2D eigenvalue weighted by atomic mass is 16.5. The summed E-state index contributed by atoms with van der Waals surface area (Å²) in [6.07, 6.45) is 6.39. The minimum absolute atomic E-state index is 0.172. The van der Waals surface area contributed by atoms with E-state index >= 15 is 0 Å². The maximum atomic E-state index is 12.6. The van der Waals surface area contributed by atoms with Crippen LogP contribution in [0.2, 0.25) is 0 Å². The molecule has 1 fully saturated rings. The first-order chi connectivity index (χ1) is 12.6. The summed E-state index contributed by atoms with van der Waals surface area (Å²) in [5, 5.41) is 3.56. The molecule has 1 aromatic heterocycles. The Morgan fingerprint density at radius 1 is 1.19 bits per heavy atom. The molecule has 0 aliphatic heterocycles. The molecule has 6 nitrogen and oxygen atoms in total. The molecule has 26 heavy (non-hydrogen) atoms. The molecule has 0 unspecified atom stereocenters. The number of carbonyl (C=O) groups is 2. The topological polar surface area (TPSA) is 77.8 Å². The average Bonchev–Trinajstić information content (AvgIpc) is 3.11. The van der Waals surface area contributed by atoms with E-state index in [4.69, 9.17) is 13.9 Å². The highest BCUT2D eigenvalue weighted by Crippen LogP contribution is 2.28. The highest BCUT2D eigenvalue weighted by molar-refractivity contribution is 5.98. The van der Waals surface area contributed by atoms with Crippen LogP contribution in [0.15, 0.2) is 28.7 Å². The number of nitrogens with one attached hydrogen (secondary N) is 1. The number of amides is 1. The van der Waals surface area contributed by atoms with Crippen LogP contribution in [-0.4, -0.2) is 32.1 Å². The minimum Gasteiger partial charge on any atom is -0.497 e. The second kappa shape index (κ2) is 8.25. The SMILES string of the molecule is COC(=O)[C@@H](CC1CCCCC1)NC(=O)c1cc2cc(OC)ccc2o1. The van der Waals surface area contributed by atoms with Gasteiger partial charge in [-0.1, -0.05) is 32.1 Å². The molecule has 6 heteroatoms. The lowest BCUT2D eigenvalue weighted by molar-refractivity contribution is -0.143. The second-order valence-corrected chi connectivity index (χ2v) is 6.80. The third-order valence-electron chi connectivity index (χ3n) is 5.03. The van der Waals surface area contributed by atoms with Gasteiger partial charge in [-0.25, -0.2) is 4.79 Å². The number of esters is 1. The van der Waals surface area contributed by atoms with E-state index in [1.807, 2.05) is 0 Å². The van der Waals surface area contributed by atoms with Crippen molar-refractivity contribution in [3.05, 3.63) is 30.0 Å². The van der Waals surface area contributed by atoms with Crippen LogP contribution >= 0.6 is 0 Å². The van der Waals surface area contributed by atoms with E-state index in [1.165, 1.54) is 26.4 Å². The predicted octanol–water partition coefficient (Wildman–Crippen LogP) is 3.68. The Morgan fingerprint density at radius 2 is 1.96 bits per heavy atom. The Bertz CT molecular complexity index is 776. The van der Waals surface area contributed by atoms with E-state index < -0.39 is 17.9 Å². The van der Waals surface area contributed by atoms with Crippen molar-refractivity contribution < 1.29 is 23.5 Å². The van der Waals surface area contributed by atoms with Gasteiger partial charge in [0, 0.05) is 5.39 Å². The van der Waals surface area contributed by atoms with Gasteiger partial charge in [0.05, 0.1) is 14.2 Å². The number of carbonyl (C=O) groups excluding carboxylic acids is 2. The molecule has 1 aromatic carbocycles. The third kappa shape index (κ3) is 4.18. The molecule has 0 saturated heterocycles. The molecule has 2 aromatic rings. The van der Waals surface area contributed by atoms with E-state index in [1.54, 1.807) is 31.4 Å². The Balaban J connectivity index is 1.72. The van der Waals surface area contributed by atoms with E-state index in [0.717, 1.165) is 18.2 Å². The van der Waals surface area contributed by atoms with Gasteiger partial charge in [-0.3, -0.25) is 4.79 Å². The standard InChI is InChI=1S/C20H25NO5/c1-24-15-8-9-17-14(11-15)12-18(26-17)19(22)21-16(20(23)25-2)10-13-6-4-3-5-7-13/h8-9,11-13,16H,3-7,10H2,1-2H3,(H,21,22)/t16-/m1/s1. The predicted molar refractivity (Wildman–Crippen MR) is 97.2 cm³/mol. The zero-order valence-electron chi connectivity index (χ0n) is 15.2. The van der Waals surface area contributed by atoms with E-state index in [2.05, 4.69) is 5.32 Å². The van der Waals surface area contributed by atoms with Gasteiger partial charge in [-0.05, 0) is 36.6 Å². The zero-order chi connectivity index (χ0) is 18.5. The third-order valence-corrected chi connectivity index (χ3v) is 5.03. The molecule has 1 N–H and O–H groups in total. The first-order valence-corrected chi connectivity index (χ1v) is 9.07. The van der Waals surface area contributed by atoms with Crippen molar-refractivity contribution in [3.63, 3.8) is 0 Å². The first-order valence-electron chi connectivity index (χ1n) is 9.07. The average molecular weight is 359 g/mol. The molecule has 140 valence electrons. The fourth-order valence-corrected chi connectivity index (χ4v) is 3.60. The first kappa shape index (κ1) is 18.3. The smallest absolute Gasteiger partial charge is 0.328 e. The van der Waals surface area contributed by atoms with Crippen LogP contribution in [0.5, 0.6) is 5.75 Å². The van der Waals surface area contributed by atoms with Gasteiger partial charge >= 0.3 is 5.97 Å². The van der Waals surface area contributed by atoms with Crippen molar-refractivity contribution in [1.82, 2.24) is 5.32 Å². The molecule has 1 aliphatic rings. The van der Waals surface area contributed by atoms with Crippen molar-refractivity contribution >= 4 is 22.8 Å². The Labute approximate surface area is 152 Å². The molecule has 0 spiro atoms. The number of hydrogen-bond donors (Lipinski definition) is 1. The number of rotatable bonds is 6. The van der Waals surface area contributed by atoms with Gasteiger partial charge in [0.15, 0.2) is 5.76 Å². The fourth-order valence-electron chi connectivity index (χ4n) is 3.60. The van der Waals surface area contributed by atoms with Crippen molar-refractivity contribution in [3.8, 4) is 5.75 Å². The quantitative estimate of drug-likeness (QED) is 0.796. The van der Waals surface area contributed by atoms with E-state index in [9.17, 15) is 9.59 Å². The number of furan rings is 1. The summed E-state index contributed by atoms with van der Waals surface area (Å²) >= 11 is 0. The van der Waals surface area contributed by atoms with Gasteiger partial charge < -0.3 is 19.2 Å². The number of hydrogen-bond acceptors (Lipinski definition) is 5. The molecular formula is C20H25NO5. The van der Waals surface area contributed by atoms with Crippen LogP contribution in [0.1, 0.15) is 49.1 Å². The van der Waals surface area contributed by atoms with Crippen LogP contribution in [0.4, 0.5) is 0 Å². The summed E-state index contributed by atoms with van der Waals surface area (Å²) in [6.45, 7) is 0. The van der Waals surface area contributed by atoms with Crippen molar-refractivity contribution in [2.45, 2.75) is 44.6 Å². The summed E-state index contributed by atoms with van der Waals surface area (Å²) in [7, 11) is 2.93. The zero-order valence-corrected chi connectivity index (χ0v) is 15.2. The Kier molecular flexibility index (Phi) is 5.81. The summed E-state index contributed by atoms with van der Waals surface area (Å²) in [5.41, 5.74) is 0.595. The summed E-state index contributed by atoms with van der Waals surface area (Å²) < 4.78 is 15.7. The van der Waals surface area contributed by atoms with Gasteiger partial charge in [0.25, 0.3) is 5.91 Å². The molecule has 0 bridgehead atoms. The van der Waals surface area contributed by atoms with Crippen LogP contribution in [-0.2, 0) is 9.53 Å². The minimum atomic E-state index is -0.654. The van der Waals surface area contributed by atoms with Crippen molar-refractivity contribution in [2.24, 2.45) is 5.92 Å². The lowest BCUT2D eigenvalue weighted by Crippen LogP contribution is -2.42. The number of fused-ring (bicyclic) bond motifs is 1. The molecular weight excluding hydrogens is 334 g/mol. The van der Waals surface area contributed by atoms with Crippen LogP contribution in [0.3, 0.4) is 0 Å². The maximum absolute atomic E-state index is 12.6. The Morgan fingerprint density at radius 3 is 2.65 bits per heavy atom. The second-order valence-electron chi connectivity index (χ2n) is 6.80. The molecule has 1 atom stereocenters. The van der Waals surface area contributed by atoms with Crippen molar-refractivity contribution in [2.75, 3.05) is 14.2 Å². The summed E-state index contributed by atoms with van der Waals surface area (Å²) in [6, 6.07) is 6.33. The van der Waals surface area contributed by atoms with Crippen molar-refractivity contribution in [1.29, 1.82) is 0 Å². The summed E-state index contributed by atoms with van der Waals surface area (Å²) in [4.78, 5) is 24.7. The Hall–Kier alpha value is -2.50. The van der Waals surface area contributed by atoms with E-state index in [-0.39, 0.29) is 5.76 Å². The van der Waals surface area contributed by atoms with Crippen LogP contribution < -0.4 is 10.1 Å². The van der Waals surface area contributed by atoms with Gasteiger partial charge in [-0.2, -0.15) is 0 Å². The molecule has 1 saturated carbocycles. The largest absolute Gasteiger partial charge is 0.497 e. The monoisotopic (exact) mass is 359 g/mol. The molecule has 0 radical (unpaired) electrons. The molecule has 1 heterocycles. The summed E-state index contributed by atoms with van der Waals surface area (Å²) in [5.74, 6) is 0.474. The maximum Gasteiger partial charge on any atom is 0.328 e. The fraction of sp³-hybridized carbons (Fsp3) is 0.500. The van der Waals surface area contributed by atoms with Gasteiger partial charge in [0.2, 0.25) is 0 Å². The van der Waals surface area contributed by atoms with Crippen LogP contribution in [0.25, 0.3) is 11.0 Å². The van der Waals surface area contributed by atoms with Gasteiger partial charge in [-0.15, -0.1) is 0 Å². The normalized spacial score (nSPS) is 16.2. The molecule has 1 amide bonds. The molecule has 1 aliphatic carbocycles. The number of ether oxygens (including phenoxy) is 2.